The average Bonchev–Trinajstić information content (AvgIpc) is 3.09. The van der Waals surface area contributed by atoms with Crippen LogP contribution < -0.4 is 10.6 Å². The topological polar surface area (TPSA) is 80.3 Å². The molecule has 2 N–H and O–H groups in total. The van der Waals surface area contributed by atoms with Gasteiger partial charge in [0, 0.05) is 23.9 Å². The van der Waals surface area contributed by atoms with Crippen molar-refractivity contribution in [1.29, 1.82) is 0 Å². The number of methoxy groups -OCH3 is 1. The Morgan fingerprint density at radius 1 is 1.27 bits per heavy atom. The van der Waals surface area contributed by atoms with Gasteiger partial charge in [0.25, 0.3) is 0 Å². The lowest BCUT2D eigenvalue weighted by Gasteiger charge is -2.28. The van der Waals surface area contributed by atoms with Gasteiger partial charge in [-0.25, -0.2) is 9.78 Å². The fraction of sp³-hybridized carbons (Fsp3) is 0.722. The molecule has 1 aromatic rings. The number of rotatable bonds is 4. The molecule has 6 nitrogen and oxygen atoms in total. The van der Waals surface area contributed by atoms with Gasteiger partial charge in [-0.05, 0) is 31.6 Å². The SMILES string of the molecule is COC(=O)c1sc(NC(=O)CC2CC3CCC(C2)N3)nc1C(C)(C)C.Cl. The maximum atomic E-state index is 12.4. The van der Waals surface area contributed by atoms with Gasteiger partial charge < -0.3 is 15.4 Å². The van der Waals surface area contributed by atoms with Crippen molar-refractivity contribution in [3.8, 4) is 0 Å². The van der Waals surface area contributed by atoms with Crippen LogP contribution in [0.15, 0.2) is 0 Å². The van der Waals surface area contributed by atoms with E-state index in [0.717, 1.165) is 12.8 Å². The number of anilines is 1. The maximum absolute atomic E-state index is 12.4. The van der Waals surface area contributed by atoms with Crippen molar-refractivity contribution in [2.24, 2.45) is 5.92 Å². The fourth-order valence-corrected chi connectivity index (χ4v) is 5.00. The van der Waals surface area contributed by atoms with Gasteiger partial charge in [0.2, 0.25) is 5.91 Å². The first kappa shape index (κ1) is 21.1. The molecule has 0 saturated carbocycles. The molecule has 3 heterocycles. The molecular formula is C18H28ClN3O3S. The van der Waals surface area contributed by atoms with Crippen LogP contribution in [0.1, 0.15) is 68.2 Å². The molecule has 0 aliphatic carbocycles. The van der Waals surface area contributed by atoms with E-state index in [9.17, 15) is 9.59 Å². The van der Waals surface area contributed by atoms with E-state index in [1.165, 1.54) is 31.3 Å². The summed E-state index contributed by atoms with van der Waals surface area (Å²) in [6, 6.07) is 1.16. The molecule has 2 unspecified atom stereocenters. The highest BCUT2D eigenvalue weighted by atomic mass is 35.5. The summed E-state index contributed by atoms with van der Waals surface area (Å²) in [5, 5.41) is 6.97. The van der Waals surface area contributed by atoms with Gasteiger partial charge in [0.1, 0.15) is 4.88 Å². The lowest BCUT2D eigenvalue weighted by Crippen LogP contribution is -2.39. The van der Waals surface area contributed by atoms with Crippen LogP contribution >= 0.6 is 23.7 Å². The Bertz CT molecular complexity index is 659. The molecule has 26 heavy (non-hydrogen) atoms. The molecule has 2 saturated heterocycles. The minimum Gasteiger partial charge on any atom is -0.465 e. The molecule has 2 aliphatic heterocycles. The van der Waals surface area contributed by atoms with E-state index in [0.29, 0.717) is 40.1 Å². The van der Waals surface area contributed by atoms with Crippen molar-refractivity contribution >= 4 is 40.8 Å². The third kappa shape index (κ3) is 4.75. The summed E-state index contributed by atoms with van der Waals surface area (Å²) in [4.78, 5) is 29.4. The Morgan fingerprint density at radius 3 is 2.42 bits per heavy atom. The number of hydrogen-bond donors (Lipinski definition) is 2. The number of hydrogen-bond acceptors (Lipinski definition) is 6. The second kappa shape index (κ2) is 8.23. The smallest absolute Gasteiger partial charge is 0.350 e. The normalized spacial score (nSPS) is 24.7. The number of halogens is 1. The maximum Gasteiger partial charge on any atom is 0.350 e. The molecule has 0 aromatic carbocycles. The first-order valence-electron chi connectivity index (χ1n) is 8.91. The summed E-state index contributed by atoms with van der Waals surface area (Å²) < 4.78 is 4.85. The van der Waals surface area contributed by atoms with E-state index < -0.39 is 5.97 Å². The molecule has 146 valence electrons. The second-order valence-electron chi connectivity index (χ2n) is 8.17. The minimum atomic E-state index is -0.405. The van der Waals surface area contributed by atoms with E-state index in [1.54, 1.807) is 0 Å². The summed E-state index contributed by atoms with van der Waals surface area (Å²) in [6.45, 7) is 5.97. The average molecular weight is 402 g/mol. The molecule has 2 atom stereocenters. The summed E-state index contributed by atoms with van der Waals surface area (Å²) >= 11 is 1.19. The first-order chi connectivity index (χ1) is 11.8. The molecule has 1 amide bonds. The van der Waals surface area contributed by atoms with Crippen molar-refractivity contribution in [2.45, 2.75) is 70.4 Å². The largest absolute Gasteiger partial charge is 0.465 e. The van der Waals surface area contributed by atoms with E-state index in [-0.39, 0.29) is 23.7 Å². The Balaban J connectivity index is 0.00000243. The highest BCUT2D eigenvalue weighted by Gasteiger charge is 2.34. The van der Waals surface area contributed by atoms with E-state index >= 15 is 0 Å². The van der Waals surface area contributed by atoms with E-state index in [2.05, 4.69) is 15.6 Å². The van der Waals surface area contributed by atoms with Crippen LogP contribution in [-0.2, 0) is 14.9 Å². The summed E-state index contributed by atoms with van der Waals surface area (Å²) in [5.74, 6) is 0.00987. The van der Waals surface area contributed by atoms with Gasteiger partial charge in [-0.3, -0.25) is 4.79 Å². The molecule has 0 spiro atoms. The molecular weight excluding hydrogens is 374 g/mol. The van der Waals surface area contributed by atoms with Crippen molar-refractivity contribution in [3.05, 3.63) is 10.6 Å². The lowest BCUT2D eigenvalue weighted by atomic mass is 9.89. The highest BCUT2D eigenvalue weighted by molar-refractivity contribution is 7.17. The van der Waals surface area contributed by atoms with Crippen LogP contribution in [0.3, 0.4) is 0 Å². The zero-order valence-electron chi connectivity index (χ0n) is 15.8. The van der Waals surface area contributed by atoms with Crippen molar-refractivity contribution in [2.75, 3.05) is 12.4 Å². The Hall–Kier alpha value is -1.18. The van der Waals surface area contributed by atoms with Crippen LogP contribution in [0.2, 0.25) is 0 Å². The lowest BCUT2D eigenvalue weighted by molar-refractivity contribution is -0.117. The number of carbonyl (C=O) groups is 2. The van der Waals surface area contributed by atoms with Gasteiger partial charge in [-0.15, -0.1) is 12.4 Å². The number of thiazole rings is 1. The molecule has 2 fully saturated rings. The number of esters is 1. The fourth-order valence-electron chi connectivity index (χ4n) is 3.89. The first-order valence-corrected chi connectivity index (χ1v) is 9.73. The van der Waals surface area contributed by atoms with Crippen LogP contribution in [0.4, 0.5) is 5.13 Å². The number of fused-ring (bicyclic) bond motifs is 2. The quantitative estimate of drug-likeness (QED) is 0.754. The predicted molar refractivity (Wildman–Crippen MR) is 105 cm³/mol. The number of ether oxygens (including phenoxy) is 1. The Labute approximate surface area is 164 Å². The van der Waals surface area contributed by atoms with Gasteiger partial charge >= 0.3 is 5.97 Å². The van der Waals surface area contributed by atoms with Crippen LogP contribution in [-0.4, -0.2) is 36.1 Å². The summed E-state index contributed by atoms with van der Waals surface area (Å²) in [6.07, 6.45) is 5.12. The van der Waals surface area contributed by atoms with Crippen LogP contribution in [0.5, 0.6) is 0 Å². The number of aromatic nitrogens is 1. The van der Waals surface area contributed by atoms with Crippen molar-refractivity contribution < 1.29 is 14.3 Å². The molecule has 2 bridgehead atoms. The molecule has 2 aliphatic rings. The molecule has 8 heteroatoms. The monoisotopic (exact) mass is 401 g/mol. The van der Waals surface area contributed by atoms with Crippen molar-refractivity contribution in [3.63, 3.8) is 0 Å². The number of carbonyl (C=O) groups excluding carboxylic acids is 2. The van der Waals surface area contributed by atoms with Gasteiger partial charge in [0.15, 0.2) is 5.13 Å². The third-order valence-corrected chi connectivity index (χ3v) is 5.95. The number of amides is 1. The Morgan fingerprint density at radius 2 is 1.88 bits per heavy atom. The van der Waals surface area contributed by atoms with Crippen molar-refractivity contribution in [1.82, 2.24) is 10.3 Å². The zero-order valence-corrected chi connectivity index (χ0v) is 17.4. The van der Waals surface area contributed by atoms with Gasteiger partial charge in [-0.2, -0.15) is 0 Å². The van der Waals surface area contributed by atoms with Gasteiger partial charge in [0.05, 0.1) is 12.8 Å². The van der Waals surface area contributed by atoms with E-state index in [4.69, 9.17) is 4.74 Å². The van der Waals surface area contributed by atoms with Gasteiger partial charge in [-0.1, -0.05) is 32.1 Å². The number of piperidine rings is 1. The standard InChI is InChI=1S/C18H27N3O3S.ClH/c1-18(2,3)15-14(16(23)24-4)25-17(21-15)20-13(22)9-10-7-11-5-6-12(8-10)19-11;/h10-12,19H,5-9H2,1-4H3,(H,20,21,22);1H. The predicted octanol–water partition coefficient (Wildman–Crippen LogP) is 3.51. The number of nitrogens with one attached hydrogen (secondary N) is 2. The number of nitrogens with zero attached hydrogens (tertiary/aromatic N) is 1. The zero-order chi connectivity index (χ0) is 18.2. The molecule has 3 rings (SSSR count). The highest BCUT2D eigenvalue weighted by Crippen LogP contribution is 2.34. The Kier molecular flexibility index (Phi) is 6.69. The van der Waals surface area contributed by atoms with E-state index in [1.807, 2.05) is 20.8 Å². The minimum absolute atomic E-state index is 0. The molecule has 0 radical (unpaired) electrons. The third-order valence-electron chi connectivity index (χ3n) is 5.00. The summed E-state index contributed by atoms with van der Waals surface area (Å²) in [5.41, 5.74) is 0.372. The summed E-state index contributed by atoms with van der Waals surface area (Å²) in [7, 11) is 1.36. The van der Waals surface area contributed by atoms with Crippen LogP contribution in [0, 0.1) is 5.92 Å². The second-order valence-corrected chi connectivity index (χ2v) is 9.16. The van der Waals surface area contributed by atoms with Crippen LogP contribution in [0.25, 0.3) is 0 Å². The molecule has 1 aromatic heterocycles.